The number of hydrogen-bond donors (Lipinski definition) is 1. The maximum Gasteiger partial charge on any atom is 0.251 e. The van der Waals surface area contributed by atoms with Crippen LogP contribution < -0.4 is 5.32 Å². The van der Waals surface area contributed by atoms with E-state index in [-0.39, 0.29) is 5.91 Å². The smallest absolute Gasteiger partial charge is 0.251 e. The first-order chi connectivity index (χ1) is 12.7. The van der Waals surface area contributed by atoms with E-state index in [1.807, 2.05) is 72.5 Å². The van der Waals surface area contributed by atoms with Crippen molar-refractivity contribution in [3.63, 3.8) is 0 Å². The van der Waals surface area contributed by atoms with Gasteiger partial charge in [-0.05, 0) is 68.0 Å². The van der Waals surface area contributed by atoms with E-state index in [1.54, 1.807) is 11.8 Å². The van der Waals surface area contributed by atoms with E-state index in [9.17, 15) is 4.79 Å². The first-order valence-electron chi connectivity index (χ1n) is 8.70. The molecule has 1 N–H and O–H groups in total. The number of carbonyl (C=O) groups is 1. The highest BCUT2D eigenvalue weighted by molar-refractivity contribution is 7.98. The van der Waals surface area contributed by atoms with Crippen LogP contribution in [0.2, 0.25) is 0 Å². The number of benzene rings is 2. The van der Waals surface area contributed by atoms with Crippen molar-refractivity contribution in [2.24, 2.45) is 0 Å². The summed E-state index contributed by atoms with van der Waals surface area (Å²) in [7, 11) is 0. The third-order valence-electron chi connectivity index (χ3n) is 4.28. The quantitative estimate of drug-likeness (QED) is 0.502. The molecular weight excluding hydrogens is 342 g/mol. The second-order valence-electron chi connectivity index (χ2n) is 6.11. The van der Waals surface area contributed by atoms with Crippen LogP contribution in [0.4, 0.5) is 0 Å². The maximum absolute atomic E-state index is 12.2. The second kappa shape index (κ2) is 8.72. The molecule has 1 heterocycles. The average Bonchev–Trinajstić information content (AvgIpc) is 3.06. The summed E-state index contributed by atoms with van der Waals surface area (Å²) in [5.41, 5.74) is 4.01. The Balaban J connectivity index is 1.50. The van der Waals surface area contributed by atoms with Crippen LogP contribution in [0, 0.1) is 6.92 Å². The van der Waals surface area contributed by atoms with Gasteiger partial charge in [0, 0.05) is 23.2 Å². The van der Waals surface area contributed by atoms with Crippen LogP contribution in [-0.4, -0.2) is 28.5 Å². The zero-order valence-electron chi connectivity index (χ0n) is 15.1. The lowest BCUT2D eigenvalue weighted by molar-refractivity contribution is 0.0953. The number of nitrogens with one attached hydrogen (secondary N) is 1. The fourth-order valence-electron chi connectivity index (χ4n) is 2.78. The minimum Gasteiger partial charge on any atom is -0.352 e. The van der Waals surface area contributed by atoms with Crippen molar-refractivity contribution in [3.8, 4) is 5.69 Å². The van der Waals surface area contributed by atoms with Crippen LogP contribution >= 0.6 is 11.8 Å². The number of aryl methyl sites for hydroxylation is 2. The molecular formula is C21H23N3OS. The molecule has 3 aromatic rings. The van der Waals surface area contributed by atoms with Crippen LogP contribution in [0.15, 0.2) is 65.7 Å². The minimum absolute atomic E-state index is 0.0191. The Morgan fingerprint density at radius 2 is 1.85 bits per heavy atom. The SMILES string of the molecule is CSc1ccc(C(=O)NCCCc2cn(-c3ccccc3)nc2C)cc1. The highest BCUT2D eigenvalue weighted by atomic mass is 32.2. The van der Waals surface area contributed by atoms with Crippen molar-refractivity contribution in [3.05, 3.63) is 77.6 Å². The van der Waals surface area contributed by atoms with Gasteiger partial charge in [-0.25, -0.2) is 4.68 Å². The molecule has 0 bridgehead atoms. The minimum atomic E-state index is -0.0191. The lowest BCUT2D eigenvalue weighted by Gasteiger charge is -2.05. The van der Waals surface area contributed by atoms with E-state index in [1.165, 1.54) is 5.56 Å². The Morgan fingerprint density at radius 3 is 2.54 bits per heavy atom. The van der Waals surface area contributed by atoms with Crippen LogP contribution in [0.3, 0.4) is 0 Å². The van der Waals surface area contributed by atoms with E-state index in [0.717, 1.165) is 29.1 Å². The van der Waals surface area contributed by atoms with Gasteiger partial charge in [0.25, 0.3) is 5.91 Å². The summed E-state index contributed by atoms with van der Waals surface area (Å²) in [5.74, 6) is -0.0191. The summed E-state index contributed by atoms with van der Waals surface area (Å²) in [5, 5.41) is 7.58. The van der Waals surface area contributed by atoms with Gasteiger partial charge in [0.15, 0.2) is 0 Å². The Kier molecular flexibility index (Phi) is 6.12. The molecule has 0 radical (unpaired) electrons. The lowest BCUT2D eigenvalue weighted by atomic mass is 10.1. The summed E-state index contributed by atoms with van der Waals surface area (Å²) >= 11 is 1.67. The normalized spacial score (nSPS) is 10.7. The highest BCUT2D eigenvalue weighted by Gasteiger charge is 2.08. The summed E-state index contributed by atoms with van der Waals surface area (Å²) in [4.78, 5) is 13.3. The molecule has 2 aromatic carbocycles. The average molecular weight is 366 g/mol. The highest BCUT2D eigenvalue weighted by Crippen LogP contribution is 2.15. The van der Waals surface area contributed by atoms with Crippen molar-refractivity contribution >= 4 is 17.7 Å². The molecule has 0 saturated carbocycles. The molecule has 0 aliphatic carbocycles. The molecule has 0 unspecified atom stereocenters. The Morgan fingerprint density at radius 1 is 1.12 bits per heavy atom. The van der Waals surface area contributed by atoms with Gasteiger partial charge in [-0.3, -0.25) is 4.79 Å². The van der Waals surface area contributed by atoms with Crippen LogP contribution in [-0.2, 0) is 6.42 Å². The number of amides is 1. The first-order valence-corrected chi connectivity index (χ1v) is 9.92. The van der Waals surface area contributed by atoms with Gasteiger partial charge in [-0.15, -0.1) is 11.8 Å². The predicted octanol–water partition coefficient (Wildman–Crippen LogP) is 4.27. The predicted molar refractivity (Wildman–Crippen MR) is 107 cm³/mol. The summed E-state index contributed by atoms with van der Waals surface area (Å²) in [6, 6.07) is 17.8. The number of rotatable bonds is 7. The number of thioether (sulfide) groups is 1. The zero-order valence-corrected chi connectivity index (χ0v) is 15.9. The zero-order chi connectivity index (χ0) is 18.4. The van der Waals surface area contributed by atoms with Crippen LogP contribution in [0.25, 0.3) is 5.69 Å². The maximum atomic E-state index is 12.2. The number of aromatic nitrogens is 2. The second-order valence-corrected chi connectivity index (χ2v) is 6.99. The van der Waals surface area contributed by atoms with Gasteiger partial charge in [0.05, 0.1) is 11.4 Å². The molecule has 4 nitrogen and oxygen atoms in total. The molecule has 0 aliphatic heterocycles. The van der Waals surface area contributed by atoms with Gasteiger partial charge in [0.2, 0.25) is 0 Å². The number of nitrogens with zero attached hydrogens (tertiary/aromatic N) is 2. The third kappa shape index (κ3) is 4.55. The number of carbonyl (C=O) groups excluding carboxylic acids is 1. The Labute approximate surface area is 158 Å². The topological polar surface area (TPSA) is 46.9 Å². The Bertz CT molecular complexity index is 857. The molecule has 134 valence electrons. The lowest BCUT2D eigenvalue weighted by Crippen LogP contribution is -2.24. The van der Waals surface area contributed by atoms with Crippen molar-refractivity contribution < 1.29 is 4.79 Å². The van der Waals surface area contributed by atoms with Gasteiger partial charge >= 0.3 is 0 Å². The van der Waals surface area contributed by atoms with E-state index in [2.05, 4.69) is 16.6 Å². The largest absolute Gasteiger partial charge is 0.352 e. The van der Waals surface area contributed by atoms with Crippen molar-refractivity contribution in [2.75, 3.05) is 12.8 Å². The number of para-hydroxylation sites is 1. The standard InChI is InChI=1S/C21H23N3OS/c1-16-18(15-24(23-16)19-8-4-3-5-9-19)7-6-14-22-21(25)17-10-12-20(26-2)13-11-17/h3-5,8-13,15H,6-7,14H2,1-2H3,(H,22,25). The van der Waals surface area contributed by atoms with Gasteiger partial charge < -0.3 is 5.32 Å². The van der Waals surface area contributed by atoms with E-state index < -0.39 is 0 Å². The molecule has 26 heavy (non-hydrogen) atoms. The molecule has 0 atom stereocenters. The van der Waals surface area contributed by atoms with E-state index >= 15 is 0 Å². The fourth-order valence-corrected chi connectivity index (χ4v) is 3.19. The van der Waals surface area contributed by atoms with Gasteiger partial charge in [-0.1, -0.05) is 18.2 Å². The van der Waals surface area contributed by atoms with Crippen molar-refractivity contribution in [2.45, 2.75) is 24.7 Å². The van der Waals surface area contributed by atoms with Gasteiger partial charge in [0.1, 0.15) is 0 Å². The molecule has 1 amide bonds. The monoisotopic (exact) mass is 365 g/mol. The van der Waals surface area contributed by atoms with Crippen molar-refractivity contribution in [1.82, 2.24) is 15.1 Å². The van der Waals surface area contributed by atoms with Gasteiger partial charge in [-0.2, -0.15) is 5.10 Å². The van der Waals surface area contributed by atoms with Crippen molar-refractivity contribution in [1.29, 1.82) is 0 Å². The molecule has 5 heteroatoms. The van der Waals surface area contributed by atoms with Crippen LogP contribution in [0.1, 0.15) is 28.0 Å². The first kappa shape index (κ1) is 18.3. The van der Waals surface area contributed by atoms with E-state index in [4.69, 9.17) is 0 Å². The molecule has 0 spiro atoms. The van der Waals surface area contributed by atoms with Crippen LogP contribution in [0.5, 0.6) is 0 Å². The van der Waals surface area contributed by atoms with E-state index in [0.29, 0.717) is 12.1 Å². The Hall–Kier alpha value is -2.53. The fraction of sp³-hybridized carbons (Fsp3) is 0.238. The number of hydrogen-bond acceptors (Lipinski definition) is 3. The summed E-state index contributed by atoms with van der Waals surface area (Å²) in [6.07, 6.45) is 5.88. The molecule has 0 saturated heterocycles. The molecule has 0 aliphatic rings. The summed E-state index contributed by atoms with van der Waals surface area (Å²) in [6.45, 7) is 2.68. The molecule has 1 aromatic heterocycles. The molecule has 0 fully saturated rings. The summed E-state index contributed by atoms with van der Waals surface area (Å²) < 4.78 is 1.91. The molecule has 3 rings (SSSR count). The third-order valence-corrected chi connectivity index (χ3v) is 5.03.